The molecule has 2 heterocycles. The summed E-state index contributed by atoms with van der Waals surface area (Å²) in [6.45, 7) is -0.0609. The van der Waals surface area contributed by atoms with E-state index in [9.17, 15) is 9.59 Å². The number of Topliss-reactive ketones (excluding diaryl/α,β-unsaturated/α-hetero) is 1. The Morgan fingerprint density at radius 1 is 1.00 bits per heavy atom. The minimum atomic E-state index is -0.428. The second kappa shape index (κ2) is 6.98. The van der Waals surface area contributed by atoms with Crippen LogP contribution in [0.3, 0.4) is 0 Å². The van der Waals surface area contributed by atoms with Crippen LogP contribution in [0.4, 0.5) is 0 Å². The molecule has 0 radical (unpaired) electrons. The molecular formula is C21H14O4S. The fraction of sp³-hybridized carbons (Fsp3) is 0.0476. The third-order valence-electron chi connectivity index (χ3n) is 3.97. The van der Waals surface area contributed by atoms with E-state index in [2.05, 4.69) is 0 Å². The molecule has 0 saturated heterocycles. The number of thiophene rings is 1. The van der Waals surface area contributed by atoms with E-state index < -0.39 is 5.63 Å². The highest BCUT2D eigenvalue weighted by molar-refractivity contribution is 7.12. The smallest absolute Gasteiger partial charge is 0.336 e. The zero-order chi connectivity index (χ0) is 17.9. The van der Waals surface area contributed by atoms with E-state index in [0.717, 1.165) is 16.5 Å². The lowest BCUT2D eigenvalue weighted by atomic mass is 10.0. The normalized spacial score (nSPS) is 10.8. The number of ether oxygens (including phenoxy) is 1. The average Bonchev–Trinajstić information content (AvgIpc) is 3.20. The molecule has 0 aliphatic rings. The molecule has 5 heteroatoms. The quantitative estimate of drug-likeness (QED) is 0.379. The molecule has 26 heavy (non-hydrogen) atoms. The maximum absolute atomic E-state index is 12.0. The molecule has 0 atom stereocenters. The highest BCUT2D eigenvalue weighted by Crippen LogP contribution is 2.29. The lowest BCUT2D eigenvalue weighted by molar-refractivity contribution is 0.0925. The van der Waals surface area contributed by atoms with Crippen LogP contribution in [-0.4, -0.2) is 12.4 Å². The maximum atomic E-state index is 12.0. The molecule has 128 valence electrons. The van der Waals surface area contributed by atoms with Crippen molar-refractivity contribution in [3.63, 3.8) is 0 Å². The molecule has 2 aromatic heterocycles. The molecule has 0 N–H and O–H groups in total. The number of rotatable bonds is 5. The Balaban J connectivity index is 1.65. The van der Waals surface area contributed by atoms with E-state index in [1.165, 1.54) is 17.4 Å². The highest BCUT2D eigenvalue weighted by Gasteiger charge is 2.11. The highest BCUT2D eigenvalue weighted by atomic mass is 32.1. The van der Waals surface area contributed by atoms with Gasteiger partial charge in [0, 0.05) is 17.5 Å². The molecule has 0 aliphatic carbocycles. The lowest BCUT2D eigenvalue weighted by Crippen LogP contribution is -2.10. The standard InChI is InChI=1S/C21H14O4S/c22-18(20-7-4-10-26-20)13-24-15-8-9-16-17(14-5-2-1-3-6-14)12-21(23)25-19(16)11-15/h1-12H,13H2. The van der Waals surface area contributed by atoms with Gasteiger partial charge in [-0.2, -0.15) is 0 Å². The van der Waals surface area contributed by atoms with Gasteiger partial charge < -0.3 is 9.15 Å². The average molecular weight is 362 g/mol. The van der Waals surface area contributed by atoms with Crippen LogP contribution in [0, 0.1) is 0 Å². The molecule has 0 spiro atoms. The van der Waals surface area contributed by atoms with Crippen LogP contribution >= 0.6 is 11.3 Å². The van der Waals surface area contributed by atoms with Crippen molar-refractivity contribution in [2.24, 2.45) is 0 Å². The fourth-order valence-electron chi connectivity index (χ4n) is 2.75. The van der Waals surface area contributed by atoms with Gasteiger partial charge in [0.2, 0.25) is 5.78 Å². The third-order valence-corrected chi connectivity index (χ3v) is 4.88. The first-order valence-corrected chi connectivity index (χ1v) is 8.91. The molecule has 0 unspecified atom stereocenters. The van der Waals surface area contributed by atoms with Crippen LogP contribution in [0.2, 0.25) is 0 Å². The van der Waals surface area contributed by atoms with E-state index in [1.54, 1.807) is 18.2 Å². The van der Waals surface area contributed by atoms with Crippen molar-refractivity contribution >= 4 is 28.1 Å². The number of carbonyl (C=O) groups is 1. The summed E-state index contributed by atoms with van der Waals surface area (Å²) in [5.41, 5.74) is 1.74. The zero-order valence-corrected chi connectivity index (χ0v) is 14.5. The second-order valence-corrected chi connectivity index (χ2v) is 6.64. The van der Waals surface area contributed by atoms with Gasteiger partial charge in [-0.15, -0.1) is 11.3 Å². The largest absolute Gasteiger partial charge is 0.485 e. The van der Waals surface area contributed by atoms with E-state index >= 15 is 0 Å². The summed E-state index contributed by atoms with van der Waals surface area (Å²) in [4.78, 5) is 24.7. The van der Waals surface area contributed by atoms with Gasteiger partial charge in [0.15, 0.2) is 6.61 Å². The van der Waals surface area contributed by atoms with Crippen molar-refractivity contribution in [3.8, 4) is 16.9 Å². The first kappa shape index (κ1) is 16.3. The number of benzene rings is 2. The predicted octanol–water partition coefficient (Wildman–Crippen LogP) is 4.78. The molecule has 0 amide bonds. The number of ketones is 1. The summed E-state index contributed by atoms with van der Waals surface area (Å²) < 4.78 is 10.9. The Kier molecular flexibility index (Phi) is 4.37. The molecular weight excluding hydrogens is 348 g/mol. The number of hydrogen-bond donors (Lipinski definition) is 0. The first-order valence-electron chi connectivity index (χ1n) is 8.03. The van der Waals surface area contributed by atoms with Gasteiger partial charge in [0.05, 0.1) is 4.88 Å². The van der Waals surface area contributed by atoms with Crippen LogP contribution in [-0.2, 0) is 0 Å². The van der Waals surface area contributed by atoms with Gasteiger partial charge in [0.1, 0.15) is 11.3 Å². The van der Waals surface area contributed by atoms with Gasteiger partial charge in [-0.05, 0) is 34.7 Å². The van der Waals surface area contributed by atoms with Crippen molar-refractivity contribution in [1.29, 1.82) is 0 Å². The van der Waals surface area contributed by atoms with Crippen LogP contribution in [0.15, 0.2) is 81.3 Å². The minimum Gasteiger partial charge on any atom is -0.485 e. The molecule has 4 rings (SSSR count). The molecule has 2 aromatic carbocycles. The number of fused-ring (bicyclic) bond motifs is 1. The molecule has 0 aliphatic heterocycles. The van der Waals surface area contributed by atoms with E-state index in [4.69, 9.17) is 9.15 Å². The Labute approximate surface area is 153 Å². The van der Waals surface area contributed by atoms with Crippen LogP contribution in [0.5, 0.6) is 5.75 Å². The summed E-state index contributed by atoms with van der Waals surface area (Å²) in [5, 5.41) is 2.66. The van der Waals surface area contributed by atoms with E-state index in [-0.39, 0.29) is 12.4 Å². The third kappa shape index (κ3) is 3.30. The SMILES string of the molecule is O=C(COc1ccc2c(-c3ccccc3)cc(=O)oc2c1)c1cccs1. The summed E-state index contributed by atoms with van der Waals surface area (Å²) in [7, 11) is 0. The second-order valence-electron chi connectivity index (χ2n) is 5.69. The summed E-state index contributed by atoms with van der Waals surface area (Å²) in [6.07, 6.45) is 0. The van der Waals surface area contributed by atoms with Crippen molar-refractivity contribution in [3.05, 3.63) is 87.4 Å². The van der Waals surface area contributed by atoms with Gasteiger partial charge in [-0.25, -0.2) is 4.79 Å². The number of carbonyl (C=O) groups excluding carboxylic acids is 1. The molecule has 4 aromatic rings. The fourth-order valence-corrected chi connectivity index (χ4v) is 3.40. The van der Waals surface area contributed by atoms with Gasteiger partial charge in [-0.1, -0.05) is 36.4 Å². The van der Waals surface area contributed by atoms with Crippen molar-refractivity contribution in [1.82, 2.24) is 0 Å². The van der Waals surface area contributed by atoms with Crippen LogP contribution < -0.4 is 10.4 Å². The Morgan fingerprint density at radius 3 is 2.62 bits per heavy atom. The Morgan fingerprint density at radius 2 is 1.85 bits per heavy atom. The maximum Gasteiger partial charge on any atom is 0.336 e. The molecule has 4 nitrogen and oxygen atoms in total. The topological polar surface area (TPSA) is 56.5 Å². The van der Waals surface area contributed by atoms with E-state index in [1.807, 2.05) is 47.8 Å². The lowest BCUT2D eigenvalue weighted by Gasteiger charge is -2.08. The molecule has 0 saturated carbocycles. The van der Waals surface area contributed by atoms with Crippen molar-refractivity contribution < 1.29 is 13.9 Å². The Hall–Kier alpha value is -3.18. The van der Waals surface area contributed by atoms with E-state index in [0.29, 0.717) is 16.2 Å². The van der Waals surface area contributed by atoms with Gasteiger partial charge >= 0.3 is 5.63 Å². The van der Waals surface area contributed by atoms with Crippen molar-refractivity contribution in [2.45, 2.75) is 0 Å². The van der Waals surface area contributed by atoms with Crippen LogP contribution in [0.25, 0.3) is 22.1 Å². The predicted molar refractivity (Wildman–Crippen MR) is 102 cm³/mol. The summed E-state index contributed by atoms with van der Waals surface area (Å²) >= 11 is 1.38. The van der Waals surface area contributed by atoms with Crippen molar-refractivity contribution in [2.75, 3.05) is 6.61 Å². The van der Waals surface area contributed by atoms with Gasteiger partial charge in [-0.3, -0.25) is 4.79 Å². The summed E-state index contributed by atoms with van der Waals surface area (Å²) in [5.74, 6) is 0.398. The molecule has 0 fully saturated rings. The summed E-state index contributed by atoms with van der Waals surface area (Å²) in [6, 6.07) is 20.0. The van der Waals surface area contributed by atoms with Crippen LogP contribution in [0.1, 0.15) is 9.67 Å². The van der Waals surface area contributed by atoms with Gasteiger partial charge in [0.25, 0.3) is 0 Å². The zero-order valence-electron chi connectivity index (χ0n) is 13.7. The first-order chi connectivity index (χ1) is 12.7. The molecule has 0 bridgehead atoms. The number of hydrogen-bond acceptors (Lipinski definition) is 5. The minimum absolute atomic E-state index is 0.0609. The monoisotopic (exact) mass is 362 g/mol. The Bertz CT molecular complexity index is 1110.